The average molecular weight is 430 g/mol. The van der Waals surface area contributed by atoms with E-state index >= 15 is 0 Å². The standard InChI is InChI=1S/C22H21F3N4S/c23-22(24,25)21(15-9-3-1-4-10-15)28-19(26-16-11-5-2-6-12-16)27-20-29(21)17-13-7-8-14-18(17)30-20/h1-6,9-12,20H,7-8,13-14H2,(H2,26,27,28). The molecule has 0 aromatic heterocycles. The summed E-state index contributed by atoms with van der Waals surface area (Å²) in [5, 5.41) is 5.82. The summed E-state index contributed by atoms with van der Waals surface area (Å²) in [6.07, 6.45) is -1.23. The van der Waals surface area contributed by atoms with Crippen molar-refractivity contribution in [2.24, 2.45) is 4.99 Å². The molecule has 2 aliphatic heterocycles. The van der Waals surface area contributed by atoms with E-state index in [4.69, 9.17) is 0 Å². The van der Waals surface area contributed by atoms with Crippen LogP contribution in [0.3, 0.4) is 0 Å². The number of nitrogens with one attached hydrogen (secondary N) is 2. The number of aliphatic imine (C=N–C) groups is 1. The monoisotopic (exact) mass is 430 g/mol. The maximum atomic E-state index is 15.0. The molecular formula is C22H21F3N4S. The Hall–Kier alpha value is -2.61. The van der Waals surface area contributed by atoms with Crippen LogP contribution < -0.4 is 10.6 Å². The zero-order chi connectivity index (χ0) is 20.8. The summed E-state index contributed by atoms with van der Waals surface area (Å²) >= 11 is 1.44. The number of thioether (sulfide) groups is 1. The number of hydrogen-bond acceptors (Lipinski definition) is 5. The number of fused-ring (bicyclic) bond motifs is 2. The Morgan fingerprint density at radius 1 is 1.00 bits per heavy atom. The van der Waals surface area contributed by atoms with Gasteiger partial charge in [-0.15, -0.1) is 0 Å². The molecule has 5 rings (SSSR count). The Morgan fingerprint density at radius 3 is 2.37 bits per heavy atom. The molecule has 2 heterocycles. The Labute approximate surface area is 177 Å². The molecule has 156 valence electrons. The van der Waals surface area contributed by atoms with Crippen molar-refractivity contribution in [3.05, 3.63) is 76.8 Å². The minimum atomic E-state index is -4.58. The lowest BCUT2D eigenvalue weighted by Crippen LogP contribution is -2.70. The predicted octanol–water partition coefficient (Wildman–Crippen LogP) is 5.59. The van der Waals surface area contributed by atoms with Crippen LogP contribution >= 0.6 is 11.8 Å². The van der Waals surface area contributed by atoms with Gasteiger partial charge in [0.1, 0.15) is 0 Å². The summed E-state index contributed by atoms with van der Waals surface area (Å²) in [4.78, 5) is 7.14. The van der Waals surface area contributed by atoms with Gasteiger partial charge < -0.3 is 15.5 Å². The molecule has 2 atom stereocenters. The molecule has 0 radical (unpaired) electrons. The van der Waals surface area contributed by atoms with Crippen molar-refractivity contribution >= 4 is 23.4 Å². The van der Waals surface area contributed by atoms with Crippen molar-refractivity contribution < 1.29 is 13.2 Å². The van der Waals surface area contributed by atoms with Gasteiger partial charge in [0, 0.05) is 21.9 Å². The number of alkyl halides is 3. The zero-order valence-corrected chi connectivity index (χ0v) is 16.9. The van der Waals surface area contributed by atoms with E-state index in [1.54, 1.807) is 30.3 Å². The molecule has 0 fully saturated rings. The minimum absolute atomic E-state index is 0.121. The lowest BCUT2D eigenvalue weighted by molar-refractivity contribution is -0.243. The number of rotatable bonds is 2. The summed E-state index contributed by atoms with van der Waals surface area (Å²) in [6, 6.07) is 17.2. The molecule has 1 aliphatic carbocycles. The van der Waals surface area contributed by atoms with Gasteiger partial charge in [-0.3, -0.25) is 0 Å². The first-order valence-corrected chi connectivity index (χ1v) is 10.9. The Bertz CT molecular complexity index is 990. The highest BCUT2D eigenvalue weighted by molar-refractivity contribution is 8.03. The topological polar surface area (TPSA) is 39.7 Å². The molecule has 4 nitrogen and oxygen atoms in total. The smallest absolute Gasteiger partial charge is 0.326 e. The lowest BCUT2D eigenvalue weighted by atomic mass is 9.93. The highest BCUT2D eigenvalue weighted by Crippen LogP contribution is 2.56. The largest absolute Gasteiger partial charge is 0.435 e. The first-order chi connectivity index (χ1) is 14.5. The van der Waals surface area contributed by atoms with Gasteiger partial charge in [0.05, 0.1) is 0 Å². The summed E-state index contributed by atoms with van der Waals surface area (Å²) < 4.78 is 44.9. The highest BCUT2D eigenvalue weighted by atomic mass is 32.2. The van der Waals surface area contributed by atoms with Crippen molar-refractivity contribution in [1.82, 2.24) is 10.2 Å². The number of guanidine groups is 1. The van der Waals surface area contributed by atoms with E-state index in [0.717, 1.165) is 29.9 Å². The van der Waals surface area contributed by atoms with Crippen LogP contribution in [0.4, 0.5) is 18.9 Å². The Kier molecular flexibility index (Phi) is 4.69. The number of benzene rings is 2. The number of nitrogens with zero attached hydrogens (tertiary/aromatic N) is 2. The summed E-state index contributed by atoms with van der Waals surface area (Å²) in [6.45, 7) is 0. The molecular weight excluding hydrogens is 409 g/mol. The number of hydrogen-bond donors (Lipinski definition) is 2. The molecule has 2 aromatic rings. The van der Waals surface area contributed by atoms with Crippen LogP contribution in [0.15, 0.2) is 76.3 Å². The molecule has 30 heavy (non-hydrogen) atoms. The second-order valence-corrected chi connectivity index (χ2v) is 8.71. The second-order valence-electron chi connectivity index (χ2n) is 7.56. The molecule has 0 saturated carbocycles. The number of para-hydroxylation sites is 1. The molecule has 0 amide bonds. The van der Waals surface area contributed by atoms with E-state index in [2.05, 4.69) is 15.6 Å². The molecule has 8 heteroatoms. The van der Waals surface area contributed by atoms with Gasteiger partial charge in [0.25, 0.3) is 0 Å². The summed E-state index contributed by atoms with van der Waals surface area (Å²) in [7, 11) is 0. The van der Waals surface area contributed by atoms with Crippen LogP contribution in [-0.4, -0.2) is 22.5 Å². The third kappa shape index (κ3) is 3.05. The molecule has 2 N–H and O–H groups in total. The Morgan fingerprint density at radius 2 is 1.67 bits per heavy atom. The van der Waals surface area contributed by atoms with E-state index in [9.17, 15) is 13.2 Å². The maximum absolute atomic E-state index is 15.0. The SMILES string of the molecule is FC(F)(F)C1(c2ccccc2)NC(Nc2ccccc2)=NC2SC3=C(CCCC3)N21. The molecule has 0 spiro atoms. The summed E-state index contributed by atoms with van der Waals surface area (Å²) in [5.74, 6) is 0.121. The van der Waals surface area contributed by atoms with Gasteiger partial charge >= 0.3 is 6.18 Å². The molecule has 0 bridgehead atoms. The fourth-order valence-corrected chi connectivity index (χ4v) is 5.77. The first kappa shape index (κ1) is 19.4. The number of halogens is 3. The average Bonchev–Trinajstić information content (AvgIpc) is 3.12. The normalized spacial score (nSPS) is 25.9. The Balaban J connectivity index is 1.66. The van der Waals surface area contributed by atoms with E-state index in [0.29, 0.717) is 12.1 Å². The first-order valence-electron chi connectivity index (χ1n) is 9.97. The molecule has 2 unspecified atom stereocenters. The fraction of sp³-hybridized carbons (Fsp3) is 0.318. The van der Waals surface area contributed by atoms with Gasteiger partial charge in [0.2, 0.25) is 11.6 Å². The lowest BCUT2D eigenvalue weighted by Gasteiger charge is -2.50. The van der Waals surface area contributed by atoms with Gasteiger partial charge in [-0.05, 0) is 37.8 Å². The van der Waals surface area contributed by atoms with Crippen LogP contribution in [0.1, 0.15) is 31.2 Å². The van der Waals surface area contributed by atoms with E-state index in [1.807, 2.05) is 18.2 Å². The van der Waals surface area contributed by atoms with Gasteiger partial charge in [-0.1, -0.05) is 60.3 Å². The third-order valence-electron chi connectivity index (χ3n) is 5.69. The molecule has 2 aromatic carbocycles. The van der Waals surface area contributed by atoms with E-state index in [1.165, 1.54) is 28.8 Å². The van der Waals surface area contributed by atoms with Crippen molar-refractivity contribution in [3.63, 3.8) is 0 Å². The third-order valence-corrected chi connectivity index (χ3v) is 6.94. The maximum Gasteiger partial charge on any atom is 0.435 e. The van der Waals surface area contributed by atoms with Crippen molar-refractivity contribution in [3.8, 4) is 0 Å². The van der Waals surface area contributed by atoms with Gasteiger partial charge in [-0.2, -0.15) is 13.2 Å². The fourth-order valence-electron chi connectivity index (χ4n) is 4.37. The van der Waals surface area contributed by atoms with Crippen LogP contribution in [-0.2, 0) is 5.66 Å². The van der Waals surface area contributed by atoms with Crippen LogP contribution in [0.2, 0.25) is 0 Å². The van der Waals surface area contributed by atoms with E-state index in [-0.39, 0.29) is 11.5 Å². The van der Waals surface area contributed by atoms with Crippen LogP contribution in [0.5, 0.6) is 0 Å². The number of anilines is 1. The molecule has 3 aliphatic rings. The minimum Gasteiger partial charge on any atom is -0.326 e. The predicted molar refractivity (Wildman–Crippen MR) is 114 cm³/mol. The van der Waals surface area contributed by atoms with Gasteiger partial charge in [0.15, 0.2) is 5.50 Å². The number of allylic oxidation sites excluding steroid dienone is 2. The van der Waals surface area contributed by atoms with Gasteiger partial charge in [-0.25, -0.2) is 4.99 Å². The molecule has 0 saturated heterocycles. The van der Waals surface area contributed by atoms with Crippen molar-refractivity contribution in [1.29, 1.82) is 0 Å². The second kappa shape index (κ2) is 7.27. The highest BCUT2D eigenvalue weighted by Gasteiger charge is 2.66. The van der Waals surface area contributed by atoms with Crippen LogP contribution in [0.25, 0.3) is 0 Å². The van der Waals surface area contributed by atoms with E-state index < -0.39 is 17.3 Å². The van der Waals surface area contributed by atoms with Crippen molar-refractivity contribution in [2.75, 3.05) is 5.32 Å². The summed E-state index contributed by atoms with van der Waals surface area (Å²) in [5.41, 5.74) is -1.44. The zero-order valence-electron chi connectivity index (χ0n) is 16.1. The van der Waals surface area contributed by atoms with Crippen molar-refractivity contribution in [2.45, 2.75) is 43.0 Å². The quantitative estimate of drug-likeness (QED) is 0.652. The van der Waals surface area contributed by atoms with Crippen LogP contribution in [0, 0.1) is 0 Å².